The van der Waals surface area contributed by atoms with Gasteiger partial charge >= 0.3 is 0 Å². The number of benzene rings is 2. The van der Waals surface area contributed by atoms with E-state index in [9.17, 15) is 13.2 Å². The molecule has 0 atom stereocenters. The van der Waals surface area contributed by atoms with Gasteiger partial charge in [0, 0.05) is 16.8 Å². The van der Waals surface area contributed by atoms with E-state index in [-0.39, 0.29) is 16.7 Å². The van der Waals surface area contributed by atoms with Gasteiger partial charge < -0.3 is 10.1 Å². The number of rotatable bonds is 9. The molecule has 7 nitrogen and oxygen atoms in total. The molecule has 0 aliphatic rings. The van der Waals surface area contributed by atoms with Gasteiger partial charge in [0.2, 0.25) is 0 Å². The predicted molar refractivity (Wildman–Crippen MR) is 120 cm³/mol. The second kappa shape index (κ2) is 10.2. The molecule has 1 amide bonds. The first-order valence-electron chi connectivity index (χ1n) is 10.1. The van der Waals surface area contributed by atoms with E-state index in [4.69, 9.17) is 4.74 Å². The summed E-state index contributed by atoms with van der Waals surface area (Å²) in [6.45, 7) is 4.33. The molecular formula is C23H25N3O4S. The smallest absolute Gasteiger partial charge is 0.255 e. The standard InChI is InChI=1S/C23H25N3O4S/c1-3-5-16-30-20-12-8-18(9-13-20)23(27)24-19-10-6-17(7-11-19)21-14-15-22(26-25-21)31(28,29)4-2/h6-15H,3-5,16H2,1-2H3,(H,24,27). The topological polar surface area (TPSA) is 98.2 Å². The summed E-state index contributed by atoms with van der Waals surface area (Å²) in [6.07, 6.45) is 2.06. The first-order valence-corrected chi connectivity index (χ1v) is 11.8. The Bertz CT molecular complexity index is 1110. The minimum Gasteiger partial charge on any atom is -0.494 e. The van der Waals surface area contributed by atoms with Crippen LogP contribution in [0.3, 0.4) is 0 Å². The molecule has 162 valence electrons. The van der Waals surface area contributed by atoms with Gasteiger partial charge in [-0.15, -0.1) is 10.2 Å². The Kier molecular flexibility index (Phi) is 7.36. The highest BCUT2D eigenvalue weighted by molar-refractivity contribution is 7.91. The number of ether oxygens (including phenoxy) is 1. The molecule has 0 unspecified atom stereocenters. The Hall–Kier alpha value is -3.26. The highest BCUT2D eigenvalue weighted by atomic mass is 32.2. The molecule has 0 radical (unpaired) electrons. The minimum atomic E-state index is -3.38. The van der Waals surface area contributed by atoms with E-state index in [0.29, 0.717) is 23.6 Å². The molecule has 1 heterocycles. The third kappa shape index (κ3) is 5.88. The van der Waals surface area contributed by atoms with E-state index >= 15 is 0 Å². The summed E-state index contributed by atoms with van der Waals surface area (Å²) in [5.41, 5.74) is 2.48. The maximum atomic E-state index is 12.5. The van der Waals surface area contributed by atoms with Crippen LogP contribution in [0.1, 0.15) is 37.0 Å². The van der Waals surface area contributed by atoms with Crippen LogP contribution in [0.25, 0.3) is 11.3 Å². The third-order valence-electron chi connectivity index (χ3n) is 4.66. The predicted octanol–water partition coefficient (Wildman–Crippen LogP) is 4.37. The first kappa shape index (κ1) is 22.4. The Morgan fingerprint density at radius 1 is 0.935 bits per heavy atom. The van der Waals surface area contributed by atoms with Gasteiger partial charge in [0.25, 0.3) is 5.91 Å². The fourth-order valence-corrected chi connectivity index (χ4v) is 3.49. The van der Waals surface area contributed by atoms with Crippen molar-refractivity contribution >= 4 is 21.4 Å². The van der Waals surface area contributed by atoms with Crippen LogP contribution in [0, 0.1) is 0 Å². The van der Waals surface area contributed by atoms with Crippen LogP contribution in [-0.4, -0.2) is 36.9 Å². The van der Waals surface area contributed by atoms with Crippen molar-refractivity contribution in [1.29, 1.82) is 0 Å². The Balaban J connectivity index is 1.63. The molecule has 2 aromatic carbocycles. The number of anilines is 1. The van der Waals surface area contributed by atoms with Crippen molar-refractivity contribution in [2.75, 3.05) is 17.7 Å². The quantitative estimate of drug-likeness (QED) is 0.497. The van der Waals surface area contributed by atoms with E-state index in [1.165, 1.54) is 6.07 Å². The summed E-state index contributed by atoms with van der Waals surface area (Å²) in [5.74, 6) is 0.499. The summed E-state index contributed by atoms with van der Waals surface area (Å²) in [6, 6.07) is 17.2. The van der Waals surface area contributed by atoms with Gasteiger partial charge in [-0.25, -0.2) is 8.42 Å². The number of hydrogen-bond donors (Lipinski definition) is 1. The molecule has 1 N–H and O–H groups in total. The van der Waals surface area contributed by atoms with E-state index in [1.54, 1.807) is 61.5 Å². The van der Waals surface area contributed by atoms with E-state index in [2.05, 4.69) is 22.4 Å². The van der Waals surface area contributed by atoms with Gasteiger partial charge in [-0.3, -0.25) is 4.79 Å². The lowest BCUT2D eigenvalue weighted by atomic mass is 10.1. The molecule has 8 heteroatoms. The van der Waals surface area contributed by atoms with E-state index in [1.807, 2.05) is 0 Å². The molecule has 0 aliphatic heterocycles. The normalized spacial score (nSPS) is 11.2. The summed E-state index contributed by atoms with van der Waals surface area (Å²) in [7, 11) is -3.38. The summed E-state index contributed by atoms with van der Waals surface area (Å²) >= 11 is 0. The lowest BCUT2D eigenvalue weighted by molar-refractivity contribution is 0.102. The van der Waals surface area contributed by atoms with Crippen molar-refractivity contribution in [3.05, 3.63) is 66.2 Å². The molecule has 0 fully saturated rings. The van der Waals surface area contributed by atoms with Crippen molar-refractivity contribution in [2.45, 2.75) is 31.7 Å². The summed E-state index contributed by atoms with van der Waals surface area (Å²) < 4.78 is 29.3. The van der Waals surface area contributed by atoms with Gasteiger partial charge in [0.05, 0.1) is 18.1 Å². The van der Waals surface area contributed by atoms with Gasteiger partial charge in [-0.05, 0) is 55.0 Å². The largest absolute Gasteiger partial charge is 0.494 e. The molecule has 31 heavy (non-hydrogen) atoms. The second-order valence-corrected chi connectivity index (χ2v) is 9.14. The molecule has 3 rings (SSSR count). The van der Waals surface area contributed by atoms with Crippen LogP contribution in [0.4, 0.5) is 5.69 Å². The number of sulfone groups is 1. The molecule has 0 spiro atoms. The fourth-order valence-electron chi connectivity index (χ4n) is 2.75. The number of unbranched alkanes of at least 4 members (excludes halogenated alkanes) is 1. The Morgan fingerprint density at radius 2 is 1.65 bits per heavy atom. The van der Waals surface area contributed by atoms with Gasteiger partial charge in [-0.1, -0.05) is 32.4 Å². The molecule has 1 aromatic heterocycles. The maximum absolute atomic E-state index is 12.5. The van der Waals surface area contributed by atoms with Crippen LogP contribution < -0.4 is 10.1 Å². The number of aromatic nitrogens is 2. The van der Waals surface area contributed by atoms with Crippen molar-refractivity contribution in [2.24, 2.45) is 0 Å². The lowest BCUT2D eigenvalue weighted by Gasteiger charge is -2.08. The zero-order chi connectivity index (χ0) is 22.3. The molecule has 0 saturated carbocycles. The maximum Gasteiger partial charge on any atom is 0.255 e. The van der Waals surface area contributed by atoms with Crippen molar-refractivity contribution < 1.29 is 17.9 Å². The number of hydrogen-bond acceptors (Lipinski definition) is 6. The van der Waals surface area contributed by atoms with Gasteiger partial charge in [0.15, 0.2) is 14.9 Å². The highest BCUT2D eigenvalue weighted by Crippen LogP contribution is 2.21. The van der Waals surface area contributed by atoms with Crippen molar-refractivity contribution in [3.8, 4) is 17.0 Å². The van der Waals surface area contributed by atoms with E-state index in [0.717, 1.165) is 24.2 Å². The highest BCUT2D eigenvalue weighted by Gasteiger charge is 2.14. The number of carbonyl (C=O) groups excluding carboxylic acids is 1. The molecule has 3 aromatic rings. The third-order valence-corrected chi connectivity index (χ3v) is 6.28. The lowest BCUT2D eigenvalue weighted by Crippen LogP contribution is -2.11. The van der Waals surface area contributed by atoms with Crippen LogP contribution in [0.2, 0.25) is 0 Å². The Labute approximate surface area is 182 Å². The molecule has 0 saturated heterocycles. The van der Waals surface area contributed by atoms with E-state index < -0.39 is 9.84 Å². The van der Waals surface area contributed by atoms with Crippen molar-refractivity contribution in [1.82, 2.24) is 10.2 Å². The first-order chi connectivity index (χ1) is 14.9. The average Bonchev–Trinajstić information content (AvgIpc) is 2.80. The molecule has 0 bridgehead atoms. The number of carbonyl (C=O) groups is 1. The average molecular weight is 440 g/mol. The number of nitrogens with one attached hydrogen (secondary N) is 1. The SMILES string of the molecule is CCCCOc1ccc(C(=O)Nc2ccc(-c3ccc(S(=O)(=O)CC)nn3)cc2)cc1. The van der Waals surface area contributed by atoms with Gasteiger partial charge in [-0.2, -0.15) is 0 Å². The Morgan fingerprint density at radius 3 is 2.23 bits per heavy atom. The molecule has 0 aliphatic carbocycles. The van der Waals surface area contributed by atoms with Crippen LogP contribution in [0.15, 0.2) is 65.7 Å². The van der Waals surface area contributed by atoms with Crippen LogP contribution in [0.5, 0.6) is 5.75 Å². The fraction of sp³-hybridized carbons (Fsp3) is 0.261. The van der Waals surface area contributed by atoms with Crippen LogP contribution >= 0.6 is 0 Å². The van der Waals surface area contributed by atoms with Crippen molar-refractivity contribution in [3.63, 3.8) is 0 Å². The summed E-state index contributed by atoms with van der Waals surface area (Å²) in [5, 5.41) is 10.6. The van der Waals surface area contributed by atoms with Gasteiger partial charge in [0.1, 0.15) is 5.75 Å². The number of nitrogens with zero attached hydrogens (tertiary/aromatic N) is 2. The summed E-state index contributed by atoms with van der Waals surface area (Å²) in [4.78, 5) is 12.5. The minimum absolute atomic E-state index is 0.0238. The number of amides is 1. The zero-order valence-corrected chi connectivity index (χ0v) is 18.4. The zero-order valence-electron chi connectivity index (χ0n) is 17.5. The second-order valence-electron chi connectivity index (χ2n) is 6.92. The molecular weight excluding hydrogens is 414 g/mol. The monoisotopic (exact) mass is 439 g/mol. The van der Waals surface area contributed by atoms with Crippen LogP contribution in [-0.2, 0) is 9.84 Å².